The van der Waals surface area contributed by atoms with Gasteiger partial charge in [0.2, 0.25) is 11.9 Å². The van der Waals surface area contributed by atoms with E-state index >= 15 is 0 Å². The zero-order valence-electron chi connectivity index (χ0n) is 17.7. The van der Waals surface area contributed by atoms with Gasteiger partial charge in [0.1, 0.15) is 0 Å². The molecule has 0 bridgehead atoms. The van der Waals surface area contributed by atoms with Crippen LogP contribution in [0.2, 0.25) is 0 Å². The summed E-state index contributed by atoms with van der Waals surface area (Å²) in [5.74, 6) is 3.00. The first-order valence-electron chi connectivity index (χ1n) is 10.8. The average Bonchev–Trinajstić information content (AvgIpc) is 3.56. The Morgan fingerprint density at radius 3 is 2.53 bits per heavy atom. The number of carbonyl (C=O) groups is 1. The van der Waals surface area contributed by atoms with Gasteiger partial charge >= 0.3 is 0 Å². The molecular formula is C23H29N5OS. The molecule has 158 valence electrons. The number of aromatic nitrogens is 3. The number of carbonyl (C=O) groups excluding carboxylic acids is 1. The monoisotopic (exact) mass is 423 g/mol. The maximum absolute atomic E-state index is 12.0. The molecule has 1 saturated heterocycles. The second-order valence-electron chi connectivity index (χ2n) is 7.47. The Morgan fingerprint density at radius 1 is 1.10 bits per heavy atom. The van der Waals surface area contributed by atoms with E-state index in [4.69, 9.17) is 0 Å². The first-order valence-corrected chi connectivity index (χ1v) is 12.0. The maximum Gasteiger partial charge on any atom is 0.249 e. The molecule has 0 unspecified atom stereocenters. The van der Waals surface area contributed by atoms with Crippen LogP contribution in [-0.2, 0) is 11.3 Å². The van der Waals surface area contributed by atoms with Crippen molar-refractivity contribution in [3.63, 3.8) is 0 Å². The van der Waals surface area contributed by atoms with Crippen molar-refractivity contribution in [2.24, 2.45) is 5.92 Å². The Labute approximate surface area is 182 Å². The number of benzene rings is 1. The van der Waals surface area contributed by atoms with Crippen molar-refractivity contribution in [3.8, 4) is 11.3 Å². The van der Waals surface area contributed by atoms with Crippen LogP contribution in [0.15, 0.2) is 42.5 Å². The number of hydrogen-bond acceptors (Lipinski definition) is 5. The largest absolute Gasteiger partial charge is 0.297 e. The molecule has 5 rings (SSSR count). The van der Waals surface area contributed by atoms with Crippen LogP contribution in [0.25, 0.3) is 16.9 Å². The third-order valence-corrected chi connectivity index (χ3v) is 6.24. The summed E-state index contributed by atoms with van der Waals surface area (Å²) in [4.78, 5) is 19.0. The minimum Gasteiger partial charge on any atom is -0.297 e. The van der Waals surface area contributed by atoms with Crippen molar-refractivity contribution in [3.05, 3.63) is 48.0 Å². The average molecular weight is 424 g/mol. The van der Waals surface area contributed by atoms with E-state index in [-0.39, 0.29) is 11.8 Å². The lowest BCUT2D eigenvalue weighted by Gasteiger charge is -2.26. The number of anilines is 1. The van der Waals surface area contributed by atoms with E-state index in [9.17, 15) is 4.79 Å². The molecule has 0 atom stereocenters. The Kier molecular flexibility index (Phi) is 6.69. The van der Waals surface area contributed by atoms with Gasteiger partial charge in [-0.15, -0.1) is 5.10 Å². The summed E-state index contributed by atoms with van der Waals surface area (Å²) >= 11 is 2.04. The SMILES string of the molecule is CC.O=C(Nc1nc2cccc(-c3ccc(CN4CCSCC4)cc3)n2n1)C1CC1. The lowest BCUT2D eigenvalue weighted by molar-refractivity contribution is -0.117. The number of thioether (sulfide) groups is 1. The third kappa shape index (κ3) is 4.84. The summed E-state index contributed by atoms with van der Waals surface area (Å²) in [6, 6.07) is 14.6. The van der Waals surface area contributed by atoms with Crippen molar-refractivity contribution in [1.29, 1.82) is 0 Å². The molecule has 7 heteroatoms. The topological polar surface area (TPSA) is 62.5 Å². The number of hydrogen-bond donors (Lipinski definition) is 1. The molecule has 1 amide bonds. The molecule has 1 saturated carbocycles. The van der Waals surface area contributed by atoms with Gasteiger partial charge in [0.25, 0.3) is 0 Å². The molecular weight excluding hydrogens is 394 g/mol. The van der Waals surface area contributed by atoms with Crippen molar-refractivity contribution in [2.45, 2.75) is 33.2 Å². The van der Waals surface area contributed by atoms with E-state index in [0.717, 1.165) is 36.3 Å². The highest BCUT2D eigenvalue weighted by atomic mass is 32.2. The van der Waals surface area contributed by atoms with Crippen LogP contribution in [0.4, 0.5) is 5.95 Å². The first kappa shape index (κ1) is 20.9. The number of rotatable bonds is 5. The van der Waals surface area contributed by atoms with Crippen LogP contribution in [-0.4, -0.2) is 50.0 Å². The number of nitrogens with zero attached hydrogens (tertiary/aromatic N) is 4. The second kappa shape index (κ2) is 9.62. The summed E-state index contributed by atoms with van der Waals surface area (Å²) in [6.07, 6.45) is 1.93. The van der Waals surface area contributed by atoms with E-state index in [0.29, 0.717) is 5.95 Å². The van der Waals surface area contributed by atoms with Gasteiger partial charge in [0.15, 0.2) is 5.65 Å². The van der Waals surface area contributed by atoms with Crippen molar-refractivity contribution in [1.82, 2.24) is 19.5 Å². The number of pyridine rings is 1. The molecule has 1 aliphatic carbocycles. The zero-order valence-corrected chi connectivity index (χ0v) is 18.5. The summed E-state index contributed by atoms with van der Waals surface area (Å²) in [5.41, 5.74) is 4.13. The fraction of sp³-hybridized carbons (Fsp3) is 0.435. The number of amides is 1. The molecule has 2 fully saturated rings. The predicted octanol–water partition coefficient (Wildman–Crippen LogP) is 4.32. The zero-order chi connectivity index (χ0) is 20.9. The van der Waals surface area contributed by atoms with Gasteiger partial charge in [0, 0.05) is 42.6 Å². The normalized spacial score (nSPS) is 16.7. The minimum absolute atomic E-state index is 0.0259. The lowest BCUT2D eigenvalue weighted by Crippen LogP contribution is -2.31. The Hall–Kier alpha value is -2.38. The van der Waals surface area contributed by atoms with E-state index in [2.05, 4.69) is 44.6 Å². The summed E-state index contributed by atoms with van der Waals surface area (Å²) in [7, 11) is 0. The highest BCUT2D eigenvalue weighted by molar-refractivity contribution is 7.99. The van der Waals surface area contributed by atoms with E-state index < -0.39 is 0 Å². The molecule has 1 aliphatic heterocycles. The van der Waals surface area contributed by atoms with Crippen LogP contribution < -0.4 is 5.32 Å². The quantitative estimate of drug-likeness (QED) is 0.662. The van der Waals surface area contributed by atoms with Crippen molar-refractivity contribution >= 4 is 29.3 Å². The van der Waals surface area contributed by atoms with Crippen LogP contribution >= 0.6 is 11.8 Å². The highest BCUT2D eigenvalue weighted by Gasteiger charge is 2.30. The molecule has 2 aliphatic rings. The number of nitrogens with one attached hydrogen (secondary N) is 1. The van der Waals surface area contributed by atoms with E-state index in [1.165, 1.54) is 30.2 Å². The molecule has 1 aromatic carbocycles. The second-order valence-corrected chi connectivity index (χ2v) is 8.69. The fourth-order valence-electron chi connectivity index (χ4n) is 3.53. The van der Waals surface area contributed by atoms with Crippen LogP contribution in [0, 0.1) is 5.92 Å². The van der Waals surface area contributed by atoms with Gasteiger partial charge in [-0.25, -0.2) is 4.52 Å². The van der Waals surface area contributed by atoms with Gasteiger partial charge in [-0.1, -0.05) is 44.2 Å². The molecule has 1 N–H and O–H groups in total. The number of fused-ring (bicyclic) bond motifs is 1. The van der Waals surface area contributed by atoms with Crippen LogP contribution in [0.1, 0.15) is 32.3 Å². The van der Waals surface area contributed by atoms with Gasteiger partial charge in [-0.05, 0) is 30.5 Å². The van der Waals surface area contributed by atoms with Crippen molar-refractivity contribution < 1.29 is 4.79 Å². The molecule has 3 aromatic rings. The smallest absolute Gasteiger partial charge is 0.249 e. The van der Waals surface area contributed by atoms with Crippen molar-refractivity contribution in [2.75, 3.05) is 29.9 Å². The van der Waals surface area contributed by atoms with Crippen LogP contribution in [0.5, 0.6) is 0 Å². The summed E-state index contributed by atoms with van der Waals surface area (Å²) < 4.78 is 1.80. The van der Waals surface area contributed by atoms with Gasteiger partial charge in [-0.3, -0.25) is 15.0 Å². The highest BCUT2D eigenvalue weighted by Crippen LogP contribution is 2.30. The first-order chi connectivity index (χ1) is 14.8. The molecule has 2 aromatic heterocycles. The fourth-order valence-corrected chi connectivity index (χ4v) is 4.51. The maximum atomic E-state index is 12.0. The van der Waals surface area contributed by atoms with E-state index in [1.807, 2.05) is 43.8 Å². The van der Waals surface area contributed by atoms with E-state index in [1.54, 1.807) is 4.52 Å². The third-order valence-electron chi connectivity index (χ3n) is 5.30. The molecule has 0 radical (unpaired) electrons. The minimum atomic E-state index is 0.0259. The Morgan fingerprint density at radius 2 is 1.83 bits per heavy atom. The van der Waals surface area contributed by atoms with Gasteiger partial charge in [-0.2, -0.15) is 16.7 Å². The molecule has 6 nitrogen and oxygen atoms in total. The standard InChI is InChI=1S/C21H23N5OS.C2H6/c27-20(17-8-9-17)23-21-22-19-3-1-2-18(26(19)24-21)16-6-4-15(5-7-16)14-25-10-12-28-13-11-25;1-2/h1-7,17H,8-14H2,(H,23,24,27);1-2H3. The Bertz CT molecular complexity index is 991. The predicted molar refractivity (Wildman–Crippen MR) is 124 cm³/mol. The summed E-state index contributed by atoms with van der Waals surface area (Å²) in [6.45, 7) is 7.34. The van der Waals surface area contributed by atoms with Gasteiger partial charge < -0.3 is 0 Å². The van der Waals surface area contributed by atoms with Crippen LogP contribution in [0.3, 0.4) is 0 Å². The molecule has 0 spiro atoms. The molecule has 3 heterocycles. The Balaban J connectivity index is 0.00000106. The van der Waals surface area contributed by atoms with Gasteiger partial charge in [0.05, 0.1) is 5.69 Å². The summed E-state index contributed by atoms with van der Waals surface area (Å²) in [5, 5.41) is 7.36. The molecule has 30 heavy (non-hydrogen) atoms. The lowest BCUT2D eigenvalue weighted by atomic mass is 10.1.